The maximum absolute atomic E-state index is 13.1. The molecule has 3 heterocycles. The van der Waals surface area contributed by atoms with Crippen molar-refractivity contribution in [2.75, 3.05) is 23.8 Å². The molecule has 32 heavy (non-hydrogen) atoms. The first-order valence-electron chi connectivity index (χ1n) is 10.9. The standard InChI is InChI=1S/C23H28N6O3/c1-3-29-22-19(14-26-29)21(28-18-8-10-32-11-9-18)20(13-24-22)23(31)25-12-16-4-6-17(7-5-16)27-15(2)30/h4-7,13-14,18H,3,8-12H2,1-2H3,(H,24,28)(H,25,31)(H,27,30). The van der Waals surface area contributed by atoms with Gasteiger partial charge in [0.05, 0.1) is 22.8 Å². The predicted molar refractivity (Wildman–Crippen MR) is 123 cm³/mol. The zero-order valence-corrected chi connectivity index (χ0v) is 18.4. The van der Waals surface area contributed by atoms with Crippen molar-refractivity contribution >= 4 is 34.2 Å². The highest BCUT2D eigenvalue weighted by Gasteiger charge is 2.22. The van der Waals surface area contributed by atoms with Crippen LogP contribution in [0.5, 0.6) is 0 Å². The number of nitrogens with one attached hydrogen (secondary N) is 3. The number of pyridine rings is 1. The SMILES string of the molecule is CCn1ncc2c(NC3CCOCC3)c(C(=O)NCc3ccc(NC(C)=O)cc3)cnc21. The van der Waals surface area contributed by atoms with Crippen LogP contribution in [-0.2, 0) is 22.6 Å². The first-order chi connectivity index (χ1) is 15.5. The third-order valence-corrected chi connectivity index (χ3v) is 5.51. The van der Waals surface area contributed by atoms with Crippen molar-refractivity contribution in [3.8, 4) is 0 Å². The van der Waals surface area contributed by atoms with E-state index in [1.165, 1.54) is 6.92 Å². The van der Waals surface area contributed by atoms with Gasteiger partial charge in [-0.15, -0.1) is 0 Å². The zero-order chi connectivity index (χ0) is 22.5. The summed E-state index contributed by atoms with van der Waals surface area (Å²) in [5.41, 5.74) is 3.67. The van der Waals surface area contributed by atoms with E-state index in [1.54, 1.807) is 12.4 Å². The Labute approximate surface area is 186 Å². The van der Waals surface area contributed by atoms with Gasteiger partial charge in [0.15, 0.2) is 5.65 Å². The molecule has 1 aromatic carbocycles. The molecule has 3 aromatic rings. The molecule has 2 aromatic heterocycles. The van der Waals surface area contributed by atoms with Crippen molar-refractivity contribution < 1.29 is 14.3 Å². The minimum Gasteiger partial charge on any atom is -0.381 e. The summed E-state index contributed by atoms with van der Waals surface area (Å²) in [5.74, 6) is -0.325. The molecule has 0 bridgehead atoms. The smallest absolute Gasteiger partial charge is 0.255 e. The van der Waals surface area contributed by atoms with Crippen LogP contribution in [0.1, 0.15) is 42.6 Å². The average Bonchev–Trinajstić information content (AvgIpc) is 3.22. The van der Waals surface area contributed by atoms with Crippen LogP contribution in [-0.4, -0.2) is 45.8 Å². The Balaban J connectivity index is 1.54. The fourth-order valence-electron chi connectivity index (χ4n) is 3.82. The summed E-state index contributed by atoms with van der Waals surface area (Å²) in [4.78, 5) is 28.8. The molecule has 0 unspecified atom stereocenters. The molecule has 0 aliphatic carbocycles. The van der Waals surface area contributed by atoms with E-state index in [9.17, 15) is 9.59 Å². The van der Waals surface area contributed by atoms with Crippen LogP contribution < -0.4 is 16.0 Å². The third-order valence-electron chi connectivity index (χ3n) is 5.51. The number of hydrogen-bond donors (Lipinski definition) is 3. The summed E-state index contributed by atoms with van der Waals surface area (Å²) in [5, 5.41) is 14.5. The molecule has 1 saturated heterocycles. The molecule has 9 nitrogen and oxygen atoms in total. The largest absolute Gasteiger partial charge is 0.381 e. The number of aromatic nitrogens is 3. The van der Waals surface area contributed by atoms with Crippen molar-refractivity contribution in [2.24, 2.45) is 0 Å². The summed E-state index contributed by atoms with van der Waals surface area (Å²) in [6, 6.07) is 7.60. The molecule has 1 fully saturated rings. The van der Waals surface area contributed by atoms with Gasteiger partial charge in [0.1, 0.15) is 0 Å². The number of hydrogen-bond acceptors (Lipinski definition) is 6. The number of carbonyl (C=O) groups excluding carboxylic acids is 2. The molecule has 0 atom stereocenters. The van der Waals surface area contributed by atoms with Crippen LogP contribution >= 0.6 is 0 Å². The van der Waals surface area contributed by atoms with E-state index >= 15 is 0 Å². The Bertz CT molecular complexity index is 1100. The highest BCUT2D eigenvalue weighted by Crippen LogP contribution is 2.28. The quantitative estimate of drug-likeness (QED) is 0.525. The Morgan fingerprint density at radius 1 is 1.16 bits per heavy atom. The second kappa shape index (κ2) is 9.78. The summed E-state index contributed by atoms with van der Waals surface area (Å²) >= 11 is 0. The van der Waals surface area contributed by atoms with Gasteiger partial charge in [-0.1, -0.05) is 12.1 Å². The lowest BCUT2D eigenvalue weighted by Crippen LogP contribution is -2.30. The molecule has 168 valence electrons. The van der Waals surface area contributed by atoms with Crippen molar-refractivity contribution in [1.29, 1.82) is 0 Å². The van der Waals surface area contributed by atoms with Gasteiger partial charge in [-0.3, -0.25) is 9.59 Å². The molecule has 1 aliphatic heterocycles. The maximum atomic E-state index is 13.1. The van der Waals surface area contributed by atoms with Crippen LogP contribution in [0.15, 0.2) is 36.7 Å². The third kappa shape index (κ3) is 4.88. The molecule has 4 rings (SSSR count). The van der Waals surface area contributed by atoms with E-state index in [0.717, 1.165) is 40.8 Å². The lowest BCUT2D eigenvalue weighted by atomic mass is 10.1. The minimum absolute atomic E-state index is 0.120. The van der Waals surface area contributed by atoms with Crippen LogP contribution in [0.25, 0.3) is 11.0 Å². The average molecular weight is 437 g/mol. The molecule has 9 heteroatoms. The second-order valence-corrected chi connectivity index (χ2v) is 7.84. The van der Waals surface area contributed by atoms with Crippen molar-refractivity contribution in [2.45, 2.75) is 45.8 Å². The van der Waals surface area contributed by atoms with Gasteiger partial charge in [-0.25, -0.2) is 9.67 Å². The Hall–Kier alpha value is -3.46. The Morgan fingerprint density at radius 2 is 1.91 bits per heavy atom. The zero-order valence-electron chi connectivity index (χ0n) is 18.4. The van der Waals surface area contributed by atoms with Gasteiger partial charge in [0.25, 0.3) is 5.91 Å². The second-order valence-electron chi connectivity index (χ2n) is 7.84. The number of carbonyl (C=O) groups is 2. The fraction of sp³-hybridized carbons (Fsp3) is 0.391. The van der Waals surface area contributed by atoms with Crippen LogP contribution in [0.2, 0.25) is 0 Å². The molecule has 3 N–H and O–H groups in total. The van der Waals surface area contributed by atoms with Crippen molar-refractivity contribution in [3.63, 3.8) is 0 Å². The van der Waals surface area contributed by atoms with Gasteiger partial charge in [0, 0.05) is 51.2 Å². The number of amides is 2. The molecule has 1 aliphatic rings. The summed E-state index contributed by atoms with van der Waals surface area (Å²) in [7, 11) is 0. The lowest BCUT2D eigenvalue weighted by Gasteiger charge is -2.25. The van der Waals surface area contributed by atoms with Crippen molar-refractivity contribution in [1.82, 2.24) is 20.1 Å². The predicted octanol–water partition coefficient (Wildman–Crippen LogP) is 2.93. The number of benzene rings is 1. The topological polar surface area (TPSA) is 110 Å². The van der Waals surface area contributed by atoms with Gasteiger partial charge in [-0.2, -0.15) is 5.10 Å². The van der Waals surface area contributed by atoms with E-state index in [0.29, 0.717) is 31.9 Å². The minimum atomic E-state index is -0.204. The number of aryl methyl sites for hydroxylation is 1. The molecule has 2 amide bonds. The molecule has 0 radical (unpaired) electrons. The summed E-state index contributed by atoms with van der Waals surface area (Å²) in [6.45, 7) is 5.95. The first-order valence-corrected chi connectivity index (χ1v) is 10.9. The van der Waals surface area contributed by atoms with E-state index in [-0.39, 0.29) is 17.9 Å². The van der Waals surface area contributed by atoms with Gasteiger partial charge >= 0.3 is 0 Å². The van der Waals surface area contributed by atoms with E-state index in [2.05, 4.69) is 26.0 Å². The Kier molecular flexibility index (Phi) is 6.65. The van der Waals surface area contributed by atoms with E-state index in [1.807, 2.05) is 35.9 Å². The van der Waals surface area contributed by atoms with Crippen molar-refractivity contribution in [3.05, 3.63) is 47.8 Å². The number of anilines is 2. The normalized spacial score (nSPS) is 14.3. The number of rotatable bonds is 7. The molecule has 0 spiro atoms. The number of ether oxygens (including phenoxy) is 1. The molecular formula is C23H28N6O3. The van der Waals surface area contributed by atoms with E-state index in [4.69, 9.17) is 4.74 Å². The first kappa shape index (κ1) is 21.8. The highest BCUT2D eigenvalue weighted by molar-refractivity contribution is 6.06. The van der Waals surface area contributed by atoms with Gasteiger partial charge < -0.3 is 20.7 Å². The number of fused-ring (bicyclic) bond motifs is 1. The van der Waals surface area contributed by atoms with Crippen LogP contribution in [0, 0.1) is 0 Å². The summed E-state index contributed by atoms with van der Waals surface area (Å²) < 4.78 is 7.29. The molecular weight excluding hydrogens is 408 g/mol. The van der Waals surface area contributed by atoms with Gasteiger partial charge in [0.2, 0.25) is 5.91 Å². The maximum Gasteiger partial charge on any atom is 0.255 e. The number of nitrogens with zero attached hydrogens (tertiary/aromatic N) is 3. The fourth-order valence-corrected chi connectivity index (χ4v) is 3.82. The lowest BCUT2D eigenvalue weighted by molar-refractivity contribution is -0.114. The molecule has 0 saturated carbocycles. The van der Waals surface area contributed by atoms with Crippen LogP contribution in [0.4, 0.5) is 11.4 Å². The van der Waals surface area contributed by atoms with E-state index < -0.39 is 0 Å². The summed E-state index contributed by atoms with van der Waals surface area (Å²) in [6.07, 6.45) is 5.15. The van der Waals surface area contributed by atoms with Crippen LogP contribution in [0.3, 0.4) is 0 Å². The monoisotopic (exact) mass is 436 g/mol. The Morgan fingerprint density at radius 3 is 2.59 bits per heavy atom. The van der Waals surface area contributed by atoms with Gasteiger partial charge in [-0.05, 0) is 37.5 Å². The highest BCUT2D eigenvalue weighted by atomic mass is 16.5.